The maximum absolute atomic E-state index is 12.0. The molecular formula is C13H9N3OS. The normalized spacial score (nSPS) is 17.3. The van der Waals surface area contributed by atoms with Crippen molar-refractivity contribution in [3.05, 3.63) is 46.2 Å². The zero-order valence-corrected chi connectivity index (χ0v) is 10.1. The average Bonchev–Trinajstić information content (AvgIpc) is 2.91. The molecular weight excluding hydrogens is 246 g/mol. The number of para-hydroxylation sites is 1. The van der Waals surface area contributed by atoms with Crippen molar-refractivity contribution in [2.24, 2.45) is 0 Å². The monoisotopic (exact) mass is 255 g/mol. The molecule has 0 fully saturated rings. The van der Waals surface area contributed by atoms with Crippen molar-refractivity contribution in [1.29, 1.82) is 5.26 Å². The fourth-order valence-corrected chi connectivity index (χ4v) is 2.75. The molecule has 88 valence electrons. The van der Waals surface area contributed by atoms with Gasteiger partial charge < -0.3 is 10.6 Å². The number of carbonyl (C=O) groups excluding carboxylic acids is 1. The van der Waals surface area contributed by atoms with Gasteiger partial charge >= 0.3 is 0 Å². The molecule has 5 heteroatoms. The van der Waals surface area contributed by atoms with E-state index in [-0.39, 0.29) is 11.9 Å². The molecule has 0 bridgehead atoms. The fraction of sp³-hybridized carbons (Fsp3) is 0.0769. The van der Waals surface area contributed by atoms with Crippen molar-refractivity contribution in [2.45, 2.75) is 6.04 Å². The van der Waals surface area contributed by atoms with Crippen molar-refractivity contribution in [3.8, 4) is 6.07 Å². The van der Waals surface area contributed by atoms with Gasteiger partial charge in [-0.05, 0) is 23.6 Å². The van der Waals surface area contributed by atoms with Crippen LogP contribution in [0.25, 0.3) is 0 Å². The standard InChI is InChI=1S/C13H9N3OS/c14-7-8-3-1-4-9-11(8)16-13(17)12(15-9)10-5-2-6-18-10/h1-6,12,15H,(H,16,17). The smallest absolute Gasteiger partial charge is 0.252 e. The molecule has 4 nitrogen and oxygen atoms in total. The Kier molecular flexibility index (Phi) is 2.50. The van der Waals surface area contributed by atoms with Gasteiger partial charge in [-0.2, -0.15) is 5.26 Å². The molecule has 1 aromatic carbocycles. The van der Waals surface area contributed by atoms with Crippen molar-refractivity contribution in [2.75, 3.05) is 10.6 Å². The zero-order chi connectivity index (χ0) is 12.5. The number of fused-ring (bicyclic) bond motifs is 1. The predicted molar refractivity (Wildman–Crippen MR) is 70.5 cm³/mol. The van der Waals surface area contributed by atoms with Gasteiger partial charge in [0.1, 0.15) is 12.1 Å². The summed E-state index contributed by atoms with van der Waals surface area (Å²) in [7, 11) is 0. The molecule has 2 aromatic rings. The Morgan fingerprint density at radius 1 is 1.28 bits per heavy atom. The highest BCUT2D eigenvalue weighted by atomic mass is 32.1. The molecule has 0 spiro atoms. The number of amides is 1. The number of anilines is 2. The van der Waals surface area contributed by atoms with Crippen molar-refractivity contribution < 1.29 is 4.79 Å². The summed E-state index contributed by atoms with van der Waals surface area (Å²) < 4.78 is 0. The molecule has 1 atom stereocenters. The van der Waals surface area contributed by atoms with Gasteiger partial charge in [0.15, 0.2) is 0 Å². The van der Waals surface area contributed by atoms with Crippen LogP contribution >= 0.6 is 11.3 Å². The summed E-state index contributed by atoms with van der Waals surface area (Å²) >= 11 is 1.53. The molecule has 0 saturated carbocycles. The minimum atomic E-state index is -0.383. The number of carbonyl (C=O) groups is 1. The van der Waals surface area contributed by atoms with Crippen LogP contribution in [0.3, 0.4) is 0 Å². The first-order chi connectivity index (χ1) is 8.79. The molecule has 0 aliphatic carbocycles. The van der Waals surface area contributed by atoms with Crippen molar-refractivity contribution in [3.63, 3.8) is 0 Å². The second-order valence-corrected chi connectivity index (χ2v) is 4.90. The Hall–Kier alpha value is -2.32. The number of nitriles is 1. The highest BCUT2D eigenvalue weighted by Crippen LogP contribution is 2.35. The summed E-state index contributed by atoms with van der Waals surface area (Å²) in [5.41, 5.74) is 1.82. The highest BCUT2D eigenvalue weighted by molar-refractivity contribution is 7.10. The molecule has 0 saturated heterocycles. The number of hydrogen-bond acceptors (Lipinski definition) is 4. The van der Waals surface area contributed by atoms with Gasteiger partial charge in [0.25, 0.3) is 5.91 Å². The number of benzene rings is 1. The summed E-state index contributed by atoms with van der Waals surface area (Å²) in [4.78, 5) is 13.0. The van der Waals surface area contributed by atoms with Crippen LogP contribution in [0, 0.1) is 11.3 Å². The number of nitrogens with zero attached hydrogens (tertiary/aromatic N) is 1. The van der Waals surface area contributed by atoms with Crippen molar-refractivity contribution in [1.82, 2.24) is 0 Å². The zero-order valence-electron chi connectivity index (χ0n) is 9.31. The lowest BCUT2D eigenvalue weighted by Gasteiger charge is -2.26. The number of nitrogens with one attached hydrogen (secondary N) is 2. The largest absolute Gasteiger partial charge is 0.368 e. The van der Waals surface area contributed by atoms with Crippen LogP contribution < -0.4 is 10.6 Å². The molecule has 1 aromatic heterocycles. The summed E-state index contributed by atoms with van der Waals surface area (Å²) in [6.45, 7) is 0. The minimum absolute atomic E-state index is 0.132. The molecule has 2 heterocycles. The van der Waals surface area contributed by atoms with E-state index in [4.69, 9.17) is 5.26 Å². The van der Waals surface area contributed by atoms with Crippen LogP contribution in [0.5, 0.6) is 0 Å². The SMILES string of the molecule is N#Cc1cccc2c1NC(=O)C(c1cccs1)N2. The maximum Gasteiger partial charge on any atom is 0.252 e. The first-order valence-electron chi connectivity index (χ1n) is 5.43. The van der Waals surface area contributed by atoms with E-state index in [1.807, 2.05) is 23.6 Å². The molecule has 1 amide bonds. The molecule has 18 heavy (non-hydrogen) atoms. The Balaban J connectivity index is 2.03. The Bertz CT molecular complexity index is 643. The lowest BCUT2D eigenvalue weighted by Crippen LogP contribution is -2.31. The molecule has 1 unspecified atom stereocenters. The second kappa shape index (κ2) is 4.17. The van der Waals surface area contributed by atoms with Gasteiger partial charge in [-0.3, -0.25) is 4.79 Å². The van der Waals surface area contributed by atoms with Gasteiger partial charge in [0.05, 0.1) is 16.9 Å². The minimum Gasteiger partial charge on any atom is -0.368 e. The average molecular weight is 255 g/mol. The van der Waals surface area contributed by atoms with Crippen LogP contribution in [-0.4, -0.2) is 5.91 Å². The van der Waals surface area contributed by atoms with Gasteiger partial charge in [-0.15, -0.1) is 11.3 Å². The van der Waals surface area contributed by atoms with Crippen LogP contribution in [0.15, 0.2) is 35.7 Å². The van der Waals surface area contributed by atoms with E-state index in [9.17, 15) is 4.79 Å². The Morgan fingerprint density at radius 2 is 2.17 bits per heavy atom. The van der Waals surface area contributed by atoms with E-state index < -0.39 is 0 Å². The summed E-state index contributed by atoms with van der Waals surface area (Å²) in [6.07, 6.45) is 0. The fourth-order valence-electron chi connectivity index (χ4n) is 1.97. The molecule has 1 aliphatic rings. The van der Waals surface area contributed by atoms with Crippen LogP contribution in [0.4, 0.5) is 11.4 Å². The first kappa shape index (κ1) is 10.8. The molecule has 1 aliphatic heterocycles. The topological polar surface area (TPSA) is 64.9 Å². The summed E-state index contributed by atoms with van der Waals surface area (Å²) in [5.74, 6) is -0.132. The number of rotatable bonds is 1. The van der Waals surface area contributed by atoms with E-state index in [1.54, 1.807) is 12.1 Å². The number of thiophene rings is 1. The van der Waals surface area contributed by atoms with E-state index >= 15 is 0 Å². The summed E-state index contributed by atoms with van der Waals surface area (Å²) in [6, 6.07) is 10.9. The maximum atomic E-state index is 12.0. The third-order valence-corrected chi connectivity index (χ3v) is 3.76. The van der Waals surface area contributed by atoms with E-state index in [0.717, 1.165) is 10.6 Å². The van der Waals surface area contributed by atoms with Crippen LogP contribution in [-0.2, 0) is 4.79 Å². The van der Waals surface area contributed by atoms with Crippen LogP contribution in [0.2, 0.25) is 0 Å². The summed E-state index contributed by atoms with van der Waals surface area (Å²) in [5, 5.41) is 16.9. The molecule has 0 radical (unpaired) electrons. The van der Waals surface area contributed by atoms with E-state index in [2.05, 4.69) is 16.7 Å². The number of hydrogen-bond donors (Lipinski definition) is 2. The Labute approximate surface area is 108 Å². The quantitative estimate of drug-likeness (QED) is 0.823. The molecule has 3 rings (SSSR count). The lowest BCUT2D eigenvalue weighted by molar-refractivity contribution is -0.117. The first-order valence-corrected chi connectivity index (χ1v) is 6.31. The second-order valence-electron chi connectivity index (χ2n) is 3.92. The predicted octanol–water partition coefficient (Wildman–Crippen LogP) is 2.73. The van der Waals surface area contributed by atoms with E-state index in [0.29, 0.717) is 11.3 Å². The van der Waals surface area contributed by atoms with Gasteiger partial charge in [-0.25, -0.2) is 0 Å². The third kappa shape index (κ3) is 1.63. The van der Waals surface area contributed by atoms with Gasteiger partial charge in [0.2, 0.25) is 0 Å². The van der Waals surface area contributed by atoms with Crippen LogP contribution in [0.1, 0.15) is 16.5 Å². The van der Waals surface area contributed by atoms with E-state index in [1.165, 1.54) is 11.3 Å². The lowest BCUT2D eigenvalue weighted by atomic mass is 10.1. The molecule has 2 N–H and O–H groups in total. The third-order valence-electron chi connectivity index (χ3n) is 2.82. The van der Waals surface area contributed by atoms with Gasteiger partial charge in [0, 0.05) is 4.88 Å². The van der Waals surface area contributed by atoms with Crippen molar-refractivity contribution >= 4 is 28.6 Å². The Morgan fingerprint density at radius 3 is 2.89 bits per heavy atom. The highest BCUT2D eigenvalue weighted by Gasteiger charge is 2.28. The van der Waals surface area contributed by atoms with Gasteiger partial charge in [-0.1, -0.05) is 12.1 Å².